The third-order valence-electron chi connectivity index (χ3n) is 3.75. The lowest BCUT2D eigenvalue weighted by Crippen LogP contribution is -2.22. The summed E-state index contributed by atoms with van der Waals surface area (Å²) in [5, 5.41) is 8.12. The van der Waals surface area contributed by atoms with Crippen LogP contribution < -0.4 is 5.32 Å². The normalized spacial score (nSPS) is 25.2. The number of hydrogen-bond acceptors (Lipinski definition) is 2. The second-order valence-electron chi connectivity index (χ2n) is 4.73. The highest BCUT2D eigenvalue weighted by atomic mass is 15.3. The van der Waals surface area contributed by atoms with Gasteiger partial charge in [-0.1, -0.05) is 13.8 Å². The third-order valence-corrected chi connectivity index (χ3v) is 3.75. The fourth-order valence-corrected chi connectivity index (χ4v) is 2.68. The first-order chi connectivity index (χ1) is 7.78. The molecule has 2 rings (SSSR count). The molecule has 1 N–H and O–H groups in total. The van der Waals surface area contributed by atoms with Gasteiger partial charge in [0.15, 0.2) is 0 Å². The number of nitrogens with one attached hydrogen (secondary N) is 1. The van der Waals surface area contributed by atoms with Crippen LogP contribution in [0.25, 0.3) is 0 Å². The van der Waals surface area contributed by atoms with Crippen LogP contribution >= 0.6 is 0 Å². The summed E-state index contributed by atoms with van der Waals surface area (Å²) in [6, 6.07) is 3.57. The van der Waals surface area contributed by atoms with Gasteiger partial charge in [-0.05, 0) is 45.2 Å². The van der Waals surface area contributed by atoms with Crippen molar-refractivity contribution in [3.63, 3.8) is 0 Å². The average molecular weight is 221 g/mol. The second-order valence-corrected chi connectivity index (χ2v) is 4.73. The second kappa shape index (κ2) is 5.00. The van der Waals surface area contributed by atoms with E-state index in [1.165, 1.54) is 30.7 Å². The zero-order valence-electron chi connectivity index (χ0n) is 10.7. The van der Waals surface area contributed by atoms with Gasteiger partial charge >= 0.3 is 0 Å². The van der Waals surface area contributed by atoms with Crippen LogP contribution in [0, 0.1) is 0 Å². The van der Waals surface area contributed by atoms with Crippen LogP contribution in [0.5, 0.6) is 0 Å². The minimum absolute atomic E-state index is 0.618. The monoisotopic (exact) mass is 221 g/mol. The van der Waals surface area contributed by atoms with Crippen LogP contribution in [0.1, 0.15) is 50.5 Å². The Labute approximate surface area is 98.2 Å². The molecule has 1 heterocycles. The Morgan fingerprint density at radius 3 is 2.75 bits per heavy atom. The molecular formula is C13H23N3. The molecule has 0 aromatic carbocycles. The molecular weight excluding hydrogens is 198 g/mol. The Balaban J connectivity index is 2.16. The third kappa shape index (κ3) is 2.14. The van der Waals surface area contributed by atoms with E-state index in [0.717, 1.165) is 12.8 Å². The molecule has 3 nitrogen and oxygen atoms in total. The number of nitrogens with zero attached hydrogens (tertiary/aromatic N) is 2. The average Bonchev–Trinajstić information content (AvgIpc) is 2.94. The Morgan fingerprint density at radius 2 is 2.19 bits per heavy atom. The molecule has 0 radical (unpaired) electrons. The van der Waals surface area contributed by atoms with E-state index in [4.69, 9.17) is 5.10 Å². The molecule has 0 bridgehead atoms. The molecule has 1 aromatic heterocycles. The summed E-state index contributed by atoms with van der Waals surface area (Å²) >= 11 is 0. The van der Waals surface area contributed by atoms with Gasteiger partial charge in [0.25, 0.3) is 0 Å². The SMILES string of the molecule is CCc1cc(CC)n(C2CCC(NC)C2)n1. The van der Waals surface area contributed by atoms with Crippen molar-refractivity contribution in [2.45, 2.75) is 58.0 Å². The zero-order chi connectivity index (χ0) is 11.5. The molecule has 1 aliphatic rings. The number of rotatable bonds is 4. The summed E-state index contributed by atoms with van der Waals surface area (Å²) in [6.07, 6.45) is 5.92. The molecule has 0 amide bonds. The standard InChI is InChI=1S/C13H23N3/c1-4-10-8-12(5-2)16(15-10)13-7-6-11(9-13)14-3/h8,11,13-14H,4-7,9H2,1-3H3. The summed E-state index contributed by atoms with van der Waals surface area (Å²) in [7, 11) is 2.06. The molecule has 2 atom stereocenters. The van der Waals surface area contributed by atoms with Crippen molar-refractivity contribution in [3.05, 3.63) is 17.5 Å². The van der Waals surface area contributed by atoms with Crippen LogP contribution in [0.2, 0.25) is 0 Å². The zero-order valence-corrected chi connectivity index (χ0v) is 10.7. The van der Waals surface area contributed by atoms with Crippen molar-refractivity contribution in [3.8, 4) is 0 Å². The molecule has 1 aromatic rings. The molecule has 0 aliphatic heterocycles. The number of hydrogen-bond donors (Lipinski definition) is 1. The maximum Gasteiger partial charge on any atom is 0.0624 e. The van der Waals surface area contributed by atoms with Crippen molar-refractivity contribution in [2.24, 2.45) is 0 Å². The summed E-state index contributed by atoms with van der Waals surface area (Å²) in [4.78, 5) is 0. The maximum absolute atomic E-state index is 4.74. The molecule has 1 aliphatic carbocycles. The largest absolute Gasteiger partial charge is 0.317 e. The van der Waals surface area contributed by atoms with Gasteiger partial charge in [0.05, 0.1) is 11.7 Å². The van der Waals surface area contributed by atoms with E-state index in [-0.39, 0.29) is 0 Å². The van der Waals surface area contributed by atoms with Crippen LogP contribution in [-0.2, 0) is 12.8 Å². The molecule has 2 unspecified atom stereocenters. The Kier molecular flexibility index (Phi) is 3.64. The molecule has 3 heteroatoms. The lowest BCUT2D eigenvalue weighted by Gasteiger charge is -2.14. The molecule has 0 saturated heterocycles. The van der Waals surface area contributed by atoms with Crippen LogP contribution in [-0.4, -0.2) is 22.9 Å². The van der Waals surface area contributed by atoms with Crippen molar-refractivity contribution in [1.29, 1.82) is 0 Å². The van der Waals surface area contributed by atoms with Crippen molar-refractivity contribution < 1.29 is 0 Å². The number of aromatic nitrogens is 2. The molecule has 16 heavy (non-hydrogen) atoms. The Bertz CT molecular complexity index is 343. The van der Waals surface area contributed by atoms with Gasteiger partial charge in [-0.25, -0.2) is 0 Å². The van der Waals surface area contributed by atoms with E-state index < -0.39 is 0 Å². The maximum atomic E-state index is 4.74. The lowest BCUT2D eigenvalue weighted by molar-refractivity contribution is 0.435. The van der Waals surface area contributed by atoms with Crippen LogP contribution in [0.3, 0.4) is 0 Å². The fourth-order valence-electron chi connectivity index (χ4n) is 2.68. The topological polar surface area (TPSA) is 29.9 Å². The Morgan fingerprint density at radius 1 is 1.38 bits per heavy atom. The minimum Gasteiger partial charge on any atom is -0.317 e. The quantitative estimate of drug-likeness (QED) is 0.845. The first-order valence-electron chi connectivity index (χ1n) is 6.53. The van der Waals surface area contributed by atoms with E-state index in [0.29, 0.717) is 12.1 Å². The van der Waals surface area contributed by atoms with Gasteiger partial charge in [0.2, 0.25) is 0 Å². The molecule has 1 fully saturated rings. The first kappa shape index (κ1) is 11.6. The van der Waals surface area contributed by atoms with Crippen LogP contribution in [0.15, 0.2) is 6.07 Å². The van der Waals surface area contributed by atoms with Gasteiger partial charge < -0.3 is 5.32 Å². The summed E-state index contributed by atoms with van der Waals surface area (Å²) < 4.78 is 2.29. The summed E-state index contributed by atoms with van der Waals surface area (Å²) in [6.45, 7) is 4.40. The molecule has 90 valence electrons. The van der Waals surface area contributed by atoms with Crippen molar-refractivity contribution in [2.75, 3.05) is 7.05 Å². The highest BCUT2D eigenvalue weighted by molar-refractivity contribution is 5.11. The van der Waals surface area contributed by atoms with Gasteiger partial charge in [-0.3, -0.25) is 4.68 Å². The van der Waals surface area contributed by atoms with Gasteiger partial charge in [-0.2, -0.15) is 5.10 Å². The van der Waals surface area contributed by atoms with Crippen molar-refractivity contribution in [1.82, 2.24) is 15.1 Å². The van der Waals surface area contributed by atoms with Gasteiger partial charge in [0, 0.05) is 11.7 Å². The Hall–Kier alpha value is -0.830. The first-order valence-corrected chi connectivity index (χ1v) is 6.53. The summed E-state index contributed by atoms with van der Waals surface area (Å²) in [5.74, 6) is 0. The highest BCUT2D eigenvalue weighted by Crippen LogP contribution is 2.30. The van der Waals surface area contributed by atoms with E-state index in [1.54, 1.807) is 0 Å². The summed E-state index contributed by atoms with van der Waals surface area (Å²) in [5.41, 5.74) is 2.64. The predicted octanol–water partition coefficient (Wildman–Crippen LogP) is 2.32. The van der Waals surface area contributed by atoms with E-state index in [2.05, 4.69) is 37.0 Å². The molecule has 1 saturated carbocycles. The van der Waals surface area contributed by atoms with Gasteiger partial charge in [-0.15, -0.1) is 0 Å². The minimum atomic E-state index is 0.618. The smallest absolute Gasteiger partial charge is 0.0624 e. The van der Waals surface area contributed by atoms with Crippen molar-refractivity contribution >= 4 is 0 Å². The fraction of sp³-hybridized carbons (Fsp3) is 0.769. The van der Waals surface area contributed by atoms with E-state index >= 15 is 0 Å². The van der Waals surface area contributed by atoms with E-state index in [1.807, 2.05) is 0 Å². The molecule has 0 spiro atoms. The number of aryl methyl sites for hydroxylation is 2. The lowest BCUT2D eigenvalue weighted by atomic mass is 10.2. The highest BCUT2D eigenvalue weighted by Gasteiger charge is 2.26. The van der Waals surface area contributed by atoms with Crippen LogP contribution in [0.4, 0.5) is 0 Å². The van der Waals surface area contributed by atoms with E-state index in [9.17, 15) is 0 Å². The van der Waals surface area contributed by atoms with Gasteiger partial charge in [0.1, 0.15) is 0 Å². The predicted molar refractivity (Wildman–Crippen MR) is 66.7 cm³/mol.